The van der Waals surface area contributed by atoms with Crippen molar-refractivity contribution in [3.05, 3.63) is 128 Å². The lowest BCUT2D eigenvalue weighted by Gasteiger charge is -2.12. The van der Waals surface area contributed by atoms with Crippen molar-refractivity contribution < 1.29 is 4.42 Å². The molecule has 0 spiro atoms. The van der Waals surface area contributed by atoms with Crippen molar-refractivity contribution in [1.29, 1.82) is 0 Å². The maximum Gasteiger partial charge on any atom is 0.136 e. The van der Waals surface area contributed by atoms with Crippen molar-refractivity contribution in [2.45, 2.75) is 0 Å². The Morgan fingerprint density at radius 2 is 1.18 bits per heavy atom. The number of para-hydroxylation sites is 2. The predicted octanol–water partition coefficient (Wildman–Crippen LogP) is 9.08. The Morgan fingerprint density at radius 1 is 0.436 bits per heavy atom. The van der Waals surface area contributed by atoms with Crippen LogP contribution in [0.5, 0.6) is 0 Å². The number of rotatable bonds is 3. The van der Waals surface area contributed by atoms with Crippen molar-refractivity contribution in [2.75, 3.05) is 0 Å². The topological polar surface area (TPSA) is 51.8 Å². The SMILES string of the molecule is c1ccc(-c2cccc(-c3ccc(-c4nc5ccccc5c5c4ccc4oc6ccccc6c45)cc3)n2)nc1. The molecule has 4 heteroatoms. The van der Waals surface area contributed by atoms with Gasteiger partial charge in [0.15, 0.2) is 0 Å². The molecule has 4 heterocycles. The van der Waals surface area contributed by atoms with Crippen molar-refractivity contribution in [3.8, 4) is 33.9 Å². The van der Waals surface area contributed by atoms with Crippen LogP contribution in [0.2, 0.25) is 0 Å². The summed E-state index contributed by atoms with van der Waals surface area (Å²) in [5.74, 6) is 0. The molecule has 0 fully saturated rings. The Balaban J connectivity index is 1.31. The Labute approximate surface area is 224 Å². The molecular formula is C35H21N3O. The van der Waals surface area contributed by atoms with Gasteiger partial charge in [0.05, 0.1) is 28.3 Å². The number of nitrogens with zero attached hydrogens (tertiary/aromatic N) is 3. The van der Waals surface area contributed by atoms with Crippen LogP contribution in [0.1, 0.15) is 0 Å². The standard InChI is InChI=1S/C35H21N3O/c1-3-10-28-24(8-1)33-26(19-20-32-34(33)25-9-2-4-14-31(25)39-32)35(38-28)23-17-15-22(16-18-23)27-12-7-13-30(37-27)29-11-5-6-21-36-29/h1-21H. The highest BCUT2D eigenvalue weighted by atomic mass is 16.3. The van der Waals surface area contributed by atoms with E-state index in [1.54, 1.807) is 6.20 Å². The van der Waals surface area contributed by atoms with E-state index in [1.165, 1.54) is 5.39 Å². The second kappa shape index (κ2) is 8.61. The summed E-state index contributed by atoms with van der Waals surface area (Å²) in [6.07, 6.45) is 1.79. The third kappa shape index (κ3) is 3.50. The maximum absolute atomic E-state index is 6.23. The third-order valence-electron chi connectivity index (χ3n) is 7.33. The van der Waals surface area contributed by atoms with E-state index in [0.29, 0.717) is 0 Å². The molecular weight excluding hydrogens is 478 g/mol. The Kier molecular flexibility index (Phi) is 4.79. The minimum atomic E-state index is 0.857. The van der Waals surface area contributed by atoms with Crippen LogP contribution < -0.4 is 0 Å². The van der Waals surface area contributed by atoms with Crippen LogP contribution in [0, 0.1) is 0 Å². The first-order valence-corrected chi connectivity index (χ1v) is 13.0. The van der Waals surface area contributed by atoms with Gasteiger partial charge in [-0.1, -0.05) is 72.8 Å². The Morgan fingerprint density at radius 3 is 2.05 bits per heavy atom. The first-order chi connectivity index (χ1) is 19.3. The molecule has 0 amide bonds. The van der Waals surface area contributed by atoms with Gasteiger partial charge in [-0.2, -0.15) is 0 Å². The Hall–Kier alpha value is -5.35. The zero-order valence-corrected chi connectivity index (χ0v) is 20.9. The van der Waals surface area contributed by atoms with Crippen LogP contribution in [-0.4, -0.2) is 15.0 Å². The molecule has 8 rings (SSSR count). The highest BCUT2D eigenvalue weighted by molar-refractivity contribution is 6.28. The molecule has 0 saturated carbocycles. The average molecular weight is 500 g/mol. The van der Waals surface area contributed by atoms with Gasteiger partial charge in [0.2, 0.25) is 0 Å². The van der Waals surface area contributed by atoms with E-state index in [9.17, 15) is 0 Å². The van der Waals surface area contributed by atoms with Crippen LogP contribution in [-0.2, 0) is 0 Å². The molecule has 0 radical (unpaired) electrons. The van der Waals surface area contributed by atoms with Crippen molar-refractivity contribution in [1.82, 2.24) is 15.0 Å². The van der Waals surface area contributed by atoms with E-state index < -0.39 is 0 Å². The fraction of sp³-hybridized carbons (Fsp3) is 0. The largest absolute Gasteiger partial charge is 0.456 e. The number of aromatic nitrogens is 3. The molecule has 0 bridgehead atoms. The van der Waals surface area contributed by atoms with Gasteiger partial charge in [0.25, 0.3) is 0 Å². The number of fused-ring (bicyclic) bond motifs is 7. The van der Waals surface area contributed by atoms with Gasteiger partial charge in [-0.05, 0) is 48.5 Å². The lowest BCUT2D eigenvalue weighted by molar-refractivity contribution is 0.669. The van der Waals surface area contributed by atoms with Crippen molar-refractivity contribution in [2.24, 2.45) is 0 Å². The van der Waals surface area contributed by atoms with Crippen molar-refractivity contribution in [3.63, 3.8) is 0 Å². The molecule has 8 aromatic rings. The quantitative estimate of drug-likeness (QED) is 0.228. The van der Waals surface area contributed by atoms with Crippen LogP contribution in [0.4, 0.5) is 0 Å². The van der Waals surface area contributed by atoms with E-state index >= 15 is 0 Å². The fourth-order valence-corrected chi connectivity index (χ4v) is 5.53. The molecule has 39 heavy (non-hydrogen) atoms. The molecule has 0 N–H and O–H groups in total. The molecule has 4 nitrogen and oxygen atoms in total. The highest BCUT2D eigenvalue weighted by Gasteiger charge is 2.17. The first-order valence-electron chi connectivity index (χ1n) is 13.0. The van der Waals surface area contributed by atoms with E-state index in [2.05, 4.69) is 71.7 Å². The Bertz CT molecular complexity index is 2160. The summed E-state index contributed by atoms with van der Waals surface area (Å²) in [7, 11) is 0. The van der Waals surface area contributed by atoms with Crippen molar-refractivity contribution >= 4 is 43.6 Å². The zero-order valence-electron chi connectivity index (χ0n) is 20.9. The lowest BCUT2D eigenvalue weighted by Crippen LogP contribution is -1.92. The van der Waals surface area contributed by atoms with Gasteiger partial charge in [0.1, 0.15) is 11.2 Å². The van der Waals surface area contributed by atoms with Crippen LogP contribution in [0.25, 0.3) is 77.5 Å². The molecule has 0 atom stereocenters. The smallest absolute Gasteiger partial charge is 0.136 e. The van der Waals surface area contributed by atoms with Gasteiger partial charge >= 0.3 is 0 Å². The van der Waals surface area contributed by atoms with E-state index in [1.807, 2.05) is 54.6 Å². The van der Waals surface area contributed by atoms with Gasteiger partial charge in [-0.25, -0.2) is 9.97 Å². The summed E-state index contributed by atoms with van der Waals surface area (Å²) in [6.45, 7) is 0. The molecule has 0 aliphatic rings. The molecule has 182 valence electrons. The zero-order chi connectivity index (χ0) is 25.8. The predicted molar refractivity (Wildman–Crippen MR) is 158 cm³/mol. The minimum Gasteiger partial charge on any atom is -0.456 e. The summed E-state index contributed by atoms with van der Waals surface area (Å²) >= 11 is 0. The number of pyridine rings is 3. The van der Waals surface area contributed by atoms with Crippen LogP contribution in [0.15, 0.2) is 132 Å². The maximum atomic E-state index is 6.23. The normalized spacial score (nSPS) is 11.6. The molecule has 4 aromatic carbocycles. The van der Waals surface area contributed by atoms with Gasteiger partial charge in [-0.15, -0.1) is 0 Å². The average Bonchev–Trinajstić information content (AvgIpc) is 3.40. The van der Waals surface area contributed by atoms with E-state index in [-0.39, 0.29) is 0 Å². The van der Waals surface area contributed by atoms with Crippen LogP contribution in [0.3, 0.4) is 0 Å². The monoisotopic (exact) mass is 499 g/mol. The third-order valence-corrected chi connectivity index (χ3v) is 7.33. The van der Waals surface area contributed by atoms with Gasteiger partial charge in [-0.3, -0.25) is 4.98 Å². The minimum absolute atomic E-state index is 0.857. The second-order valence-corrected chi connectivity index (χ2v) is 9.64. The number of hydrogen-bond acceptors (Lipinski definition) is 4. The van der Waals surface area contributed by atoms with E-state index in [0.717, 1.165) is 72.1 Å². The van der Waals surface area contributed by atoms with E-state index in [4.69, 9.17) is 14.4 Å². The highest BCUT2D eigenvalue weighted by Crippen LogP contribution is 2.41. The summed E-state index contributed by atoms with van der Waals surface area (Å²) in [5, 5.41) is 5.66. The van der Waals surface area contributed by atoms with Gasteiger partial charge in [0, 0.05) is 44.3 Å². The summed E-state index contributed by atoms with van der Waals surface area (Å²) < 4.78 is 6.23. The number of hydrogen-bond donors (Lipinski definition) is 0. The second-order valence-electron chi connectivity index (χ2n) is 9.64. The molecule has 0 aliphatic heterocycles. The first kappa shape index (κ1) is 21.7. The molecule has 0 unspecified atom stereocenters. The summed E-state index contributed by atoms with van der Waals surface area (Å²) in [5.41, 5.74) is 8.44. The molecule has 0 aliphatic carbocycles. The molecule has 0 saturated heterocycles. The number of furan rings is 1. The fourth-order valence-electron chi connectivity index (χ4n) is 5.53. The summed E-state index contributed by atoms with van der Waals surface area (Å²) in [4.78, 5) is 14.5. The number of benzene rings is 4. The van der Waals surface area contributed by atoms with Gasteiger partial charge < -0.3 is 4.42 Å². The lowest BCUT2D eigenvalue weighted by atomic mass is 9.95. The van der Waals surface area contributed by atoms with Crippen LogP contribution >= 0.6 is 0 Å². The summed E-state index contributed by atoms with van der Waals surface area (Å²) in [6, 6.07) is 41.2. The molecule has 4 aromatic heterocycles.